The number of benzene rings is 1. The summed E-state index contributed by atoms with van der Waals surface area (Å²) in [6.45, 7) is 4.52. The molecule has 20 heavy (non-hydrogen) atoms. The first-order chi connectivity index (χ1) is 9.72. The van der Waals surface area contributed by atoms with Crippen LogP contribution in [-0.2, 0) is 19.5 Å². The molecule has 6 heteroatoms. The van der Waals surface area contributed by atoms with Gasteiger partial charge in [-0.15, -0.1) is 0 Å². The third-order valence-corrected chi connectivity index (χ3v) is 3.85. The molecule has 1 aromatic carbocycles. The third kappa shape index (κ3) is 3.02. The maximum atomic E-state index is 5.73. The number of halogens is 1. The van der Waals surface area contributed by atoms with Crippen LogP contribution in [0.1, 0.15) is 18.1 Å². The molecule has 1 atom stereocenters. The molecule has 0 amide bonds. The number of nitrogens with zero attached hydrogens (tertiary/aromatic N) is 3. The molecule has 2 heterocycles. The Hall–Kier alpha value is -1.40. The lowest BCUT2D eigenvalue weighted by Gasteiger charge is -2.15. The summed E-state index contributed by atoms with van der Waals surface area (Å²) in [6, 6.07) is 4.58. The van der Waals surface area contributed by atoms with Crippen molar-refractivity contribution in [2.45, 2.75) is 32.5 Å². The van der Waals surface area contributed by atoms with Gasteiger partial charge in [0.05, 0.1) is 13.2 Å². The van der Waals surface area contributed by atoms with E-state index in [-0.39, 0.29) is 0 Å². The van der Waals surface area contributed by atoms with E-state index in [0.29, 0.717) is 6.04 Å². The van der Waals surface area contributed by atoms with E-state index in [1.807, 2.05) is 4.68 Å². The second-order valence-corrected chi connectivity index (χ2v) is 5.97. The summed E-state index contributed by atoms with van der Waals surface area (Å²) >= 11 is 3.57. The van der Waals surface area contributed by atoms with E-state index in [1.54, 1.807) is 12.7 Å². The van der Waals surface area contributed by atoms with E-state index >= 15 is 0 Å². The van der Waals surface area contributed by atoms with Crippen molar-refractivity contribution in [3.63, 3.8) is 0 Å². The summed E-state index contributed by atoms with van der Waals surface area (Å²) in [4.78, 5) is 3.95. The van der Waals surface area contributed by atoms with E-state index < -0.39 is 0 Å². The predicted octanol–water partition coefficient (Wildman–Crippen LogP) is 2.15. The Kier molecular flexibility index (Phi) is 4.03. The zero-order valence-electron chi connectivity index (χ0n) is 11.3. The first-order valence-corrected chi connectivity index (χ1v) is 7.51. The van der Waals surface area contributed by atoms with Crippen LogP contribution in [0.3, 0.4) is 0 Å². The van der Waals surface area contributed by atoms with E-state index in [1.165, 1.54) is 11.1 Å². The molecule has 0 radical (unpaired) electrons. The molecule has 1 aliphatic heterocycles. The van der Waals surface area contributed by atoms with Crippen LogP contribution < -0.4 is 10.1 Å². The molecule has 1 unspecified atom stereocenters. The Bertz CT molecular complexity index is 585. The van der Waals surface area contributed by atoms with Gasteiger partial charge < -0.3 is 10.1 Å². The molecule has 1 aromatic heterocycles. The molecule has 1 aliphatic rings. The van der Waals surface area contributed by atoms with Gasteiger partial charge in [-0.05, 0) is 24.6 Å². The van der Waals surface area contributed by atoms with E-state index in [4.69, 9.17) is 4.74 Å². The molecule has 2 aromatic rings. The van der Waals surface area contributed by atoms with Gasteiger partial charge in [0.1, 0.15) is 18.4 Å². The van der Waals surface area contributed by atoms with Crippen molar-refractivity contribution in [3.8, 4) is 5.75 Å². The highest BCUT2D eigenvalue weighted by Gasteiger charge is 2.17. The van der Waals surface area contributed by atoms with Crippen molar-refractivity contribution in [3.05, 3.63) is 40.4 Å². The van der Waals surface area contributed by atoms with Gasteiger partial charge >= 0.3 is 0 Å². The lowest BCUT2D eigenvalue weighted by atomic mass is 10.1. The standard InChI is InChI=1S/C14H17BrN4O/c1-10(7-19-9-16-8-18-19)17-6-12-5-13(15)4-11-2-3-20-14(11)12/h4-5,8-10,17H,2-3,6-7H2,1H3. The minimum absolute atomic E-state index is 0.313. The molecule has 0 aliphatic carbocycles. The van der Waals surface area contributed by atoms with E-state index in [2.05, 4.69) is 50.4 Å². The van der Waals surface area contributed by atoms with Gasteiger partial charge in [-0.25, -0.2) is 4.98 Å². The highest BCUT2D eigenvalue weighted by molar-refractivity contribution is 9.10. The van der Waals surface area contributed by atoms with Crippen LogP contribution in [0.2, 0.25) is 0 Å². The molecular formula is C14H17BrN4O. The predicted molar refractivity (Wildman–Crippen MR) is 79.7 cm³/mol. The van der Waals surface area contributed by atoms with Crippen molar-refractivity contribution < 1.29 is 4.74 Å². The number of nitrogens with one attached hydrogen (secondary N) is 1. The van der Waals surface area contributed by atoms with Crippen LogP contribution in [0, 0.1) is 0 Å². The number of hydrogen-bond acceptors (Lipinski definition) is 4. The second-order valence-electron chi connectivity index (χ2n) is 5.05. The zero-order chi connectivity index (χ0) is 13.9. The molecular weight excluding hydrogens is 320 g/mol. The molecule has 0 bridgehead atoms. The summed E-state index contributed by atoms with van der Waals surface area (Å²) in [5.74, 6) is 1.05. The molecule has 0 spiro atoms. The van der Waals surface area contributed by atoms with Crippen molar-refractivity contribution in [1.82, 2.24) is 20.1 Å². The first kappa shape index (κ1) is 13.6. The van der Waals surface area contributed by atoms with Gasteiger partial charge in [-0.1, -0.05) is 15.9 Å². The highest BCUT2D eigenvalue weighted by atomic mass is 79.9. The summed E-state index contributed by atoms with van der Waals surface area (Å²) in [7, 11) is 0. The molecule has 0 saturated heterocycles. The number of rotatable bonds is 5. The van der Waals surface area contributed by atoms with Gasteiger partial charge in [-0.2, -0.15) is 5.10 Å². The Balaban J connectivity index is 1.64. The number of fused-ring (bicyclic) bond motifs is 1. The summed E-state index contributed by atoms with van der Waals surface area (Å²) in [5, 5.41) is 7.62. The Labute approximate surface area is 126 Å². The summed E-state index contributed by atoms with van der Waals surface area (Å²) < 4.78 is 8.68. The fourth-order valence-electron chi connectivity index (χ4n) is 2.43. The average molecular weight is 337 g/mol. The second kappa shape index (κ2) is 5.93. The van der Waals surface area contributed by atoms with Gasteiger partial charge in [0.15, 0.2) is 0 Å². The van der Waals surface area contributed by atoms with Gasteiger partial charge in [0.2, 0.25) is 0 Å². The van der Waals surface area contributed by atoms with E-state index in [0.717, 1.165) is 36.3 Å². The van der Waals surface area contributed by atoms with Crippen LogP contribution in [0.5, 0.6) is 5.75 Å². The van der Waals surface area contributed by atoms with Gasteiger partial charge in [-0.3, -0.25) is 4.68 Å². The SMILES string of the molecule is CC(Cn1cncn1)NCc1cc(Br)cc2c1OCC2. The quantitative estimate of drug-likeness (QED) is 0.908. The average Bonchev–Trinajstić information content (AvgIpc) is 3.06. The molecule has 0 fully saturated rings. The Morgan fingerprint density at radius 3 is 3.20 bits per heavy atom. The summed E-state index contributed by atoms with van der Waals surface area (Å²) in [6.07, 6.45) is 4.29. The monoisotopic (exact) mass is 336 g/mol. The van der Waals surface area contributed by atoms with Crippen molar-refractivity contribution in [2.24, 2.45) is 0 Å². The van der Waals surface area contributed by atoms with Crippen LogP contribution in [0.25, 0.3) is 0 Å². The van der Waals surface area contributed by atoms with Crippen LogP contribution in [0.15, 0.2) is 29.3 Å². The molecule has 5 nitrogen and oxygen atoms in total. The summed E-state index contributed by atoms with van der Waals surface area (Å²) in [5.41, 5.74) is 2.50. The largest absolute Gasteiger partial charge is 0.493 e. The van der Waals surface area contributed by atoms with Crippen molar-refractivity contribution >= 4 is 15.9 Å². The fraction of sp³-hybridized carbons (Fsp3) is 0.429. The molecule has 1 N–H and O–H groups in total. The van der Waals surface area contributed by atoms with Crippen molar-refractivity contribution in [2.75, 3.05) is 6.61 Å². The van der Waals surface area contributed by atoms with Crippen LogP contribution >= 0.6 is 15.9 Å². The smallest absolute Gasteiger partial charge is 0.137 e. The third-order valence-electron chi connectivity index (χ3n) is 3.39. The highest BCUT2D eigenvalue weighted by Crippen LogP contribution is 2.32. The first-order valence-electron chi connectivity index (χ1n) is 6.72. The lowest BCUT2D eigenvalue weighted by molar-refractivity contribution is 0.350. The van der Waals surface area contributed by atoms with Gasteiger partial charge in [0.25, 0.3) is 0 Å². The Morgan fingerprint density at radius 2 is 2.40 bits per heavy atom. The van der Waals surface area contributed by atoms with Crippen LogP contribution in [-0.4, -0.2) is 27.4 Å². The normalized spacial score (nSPS) is 14.9. The number of aromatic nitrogens is 3. The van der Waals surface area contributed by atoms with Gasteiger partial charge in [0, 0.05) is 29.0 Å². The van der Waals surface area contributed by atoms with E-state index in [9.17, 15) is 0 Å². The molecule has 106 valence electrons. The number of ether oxygens (including phenoxy) is 1. The Morgan fingerprint density at radius 1 is 1.50 bits per heavy atom. The number of hydrogen-bond donors (Lipinski definition) is 1. The zero-order valence-corrected chi connectivity index (χ0v) is 12.9. The van der Waals surface area contributed by atoms with Crippen LogP contribution in [0.4, 0.5) is 0 Å². The minimum Gasteiger partial charge on any atom is -0.493 e. The van der Waals surface area contributed by atoms with Crippen molar-refractivity contribution in [1.29, 1.82) is 0 Å². The minimum atomic E-state index is 0.313. The maximum Gasteiger partial charge on any atom is 0.137 e. The molecule has 3 rings (SSSR count). The molecule has 0 saturated carbocycles. The fourth-order valence-corrected chi connectivity index (χ4v) is 2.99. The maximum absolute atomic E-state index is 5.73. The lowest BCUT2D eigenvalue weighted by Crippen LogP contribution is -2.30. The topological polar surface area (TPSA) is 52.0 Å².